The zero-order chi connectivity index (χ0) is 26.7. The molecule has 4 rings (SSSR count). The van der Waals surface area contributed by atoms with E-state index in [2.05, 4.69) is 23.8 Å². The van der Waals surface area contributed by atoms with Crippen molar-refractivity contribution >= 4 is 40.7 Å². The molecule has 0 aliphatic carbocycles. The zero-order valence-corrected chi connectivity index (χ0v) is 22.6. The highest BCUT2D eigenvalue weighted by atomic mass is 35.5. The van der Waals surface area contributed by atoms with E-state index in [0.29, 0.717) is 39.8 Å². The highest BCUT2D eigenvalue weighted by Gasteiger charge is 2.46. The number of nitrogens with zero attached hydrogens (tertiary/aromatic N) is 4. The molecular weight excluding hydrogens is 511 g/mol. The van der Waals surface area contributed by atoms with Crippen LogP contribution in [0.25, 0.3) is 11.4 Å². The van der Waals surface area contributed by atoms with Gasteiger partial charge >= 0.3 is 0 Å². The Morgan fingerprint density at radius 1 is 1.05 bits per heavy atom. The molecule has 0 bridgehead atoms. The molecule has 1 aliphatic rings. The van der Waals surface area contributed by atoms with Gasteiger partial charge in [0.05, 0.1) is 44.8 Å². The van der Waals surface area contributed by atoms with E-state index in [1.807, 2.05) is 37.3 Å². The summed E-state index contributed by atoms with van der Waals surface area (Å²) in [7, 11) is 0. The number of rotatable bonds is 9. The molecule has 1 saturated heterocycles. The third kappa shape index (κ3) is 5.30. The first-order valence-electron chi connectivity index (χ1n) is 12.3. The van der Waals surface area contributed by atoms with Gasteiger partial charge in [-0.2, -0.15) is 5.10 Å². The summed E-state index contributed by atoms with van der Waals surface area (Å²) >= 11 is 12.5. The normalized spacial score (nSPS) is 17.2. The van der Waals surface area contributed by atoms with Gasteiger partial charge in [0.1, 0.15) is 5.76 Å². The Hall–Kier alpha value is -3.13. The lowest BCUT2D eigenvalue weighted by Gasteiger charge is -2.27. The van der Waals surface area contributed by atoms with Crippen molar-refractivity contribution in [3.8, 4) is 5.69 Å². The summed E-state index contributed by atoms with van der Waals surface area (Å²) in [5.41, 5.74) is 2.46. The van der Waals surface area contributed by atoms with E-state index >= 15 is 0 Å². The van der Waals surface area contributed by atoms with Crippen molar-refractivity contribution in [2.45, 2.75) is 33.2 Å². The number of halogens is 2. The molecule has 3 aromatic rings. The predicted octanol–water partition coefficient (Wildman–Crippen LogP) is 5.64. The van der Waals surface area contributed by atoms with E-state index in [1.54, 1.807) is 22.9 Å². The van der Waals surface area contributed by atoms with Crippen molar-refractivity contribution in [2.24, 2.45) is 0 Å². The second kappa shape index (κ2) is 11.5. The quantitative estimate of drug-likeness (QED) is 0.216. The third-order valence-electron chi connectivity index (χ3n) is 6.83. The number of aromatic nitrogens is 2. The molecule has 1 fully saturated rings. The monoisotopic (exact) mass is 540 g/mol. The van der Waals surface area contributed by atoms with Crippen LogP contribution in [0.15, 0.2) is 60.3 Å². The van der Waals surface area contributed by atoms with Gasteiger partial charge in [-0.1, -0.05) is 61.3 Å². The molecule has 2 heterocycles. The fourth-order valence-corrected chi connectivity index (χ4v) is 5.07. The Morgan fingerprint density at radius 2 is 1.76 bits per heavy atom. The lowest BCUT2D eigenvalue weighted by Crippen LogP contribution is -2.33. The number of Topliss-reactive ketones (excluding diaryl/α,β-unsaturated/α-hetero) is 1. The Kier molecular flexibility index (Phi) is 8.37. The van der Waals surface area contributed by atoms with Crippen molar-refractivity contribution in [1.82, 2.24) is 19.6 Å². The summed E-state index contributed by atoms with van der Waals surface area (Å²) in [4.78, 5) is 30.4. The molecule has 0 radical (unpaired) electrons. The maximum Gasteiger partial charge on any atom is 0.295 e. The summed E-state index contributed by atoms with van der Waals surface area (Å²) in [5.74, 6) is -1.64. The smallest absolute Gasteiger partial charge is 0.295 e. The fraction of sp³-hybridized carbons (Fsp3) is 0.321. The van der Waals surface area contributed by atoms with Crippen LogP contribution in [0.4, 0.5) is 0 Å². The molecule has 2 aromatic carbocycles. The van der Waals surface area contributed by atoms with Gasteiger partial charge in [0.2, 0.25) is 0 Å². The van der Waals surface area contributed by atoms with Crippen molar-refractivity contribution in [3.63, 3.8) is 0 Å². The van der Waals surface area contributed by atoms with Crippen LogP contribution in [0.2, 0.25) is 10.0 Å². The first-order valence-corrected chi connectivity index (χ1v) is 13.1. The highest BCUT2D eigenvalue weighted by Crippen LogP contribution is 2.41. The molecule has 0 saturated carbocycles. The van der Waals surface area contributed by atoms with Gasteiger partial charge in [-0.05, 0) is 62.8 Å². The minimum absolute atomic E-state index is 0.0157. The van der Waals surface area contributed by atoms with Gasteiger partial charge in [0.15, 0.2) is 0 Å². The van der Waals surface area contributed by atoms with Gasteiger partial charge < -0.3 is 14.9 Å². The predicted molar refractivity (Wildman–Crippen MR) is 146 cm³/mol. The molecule has 1 aliphatic heterocycles. The van der Waals surface area contributed by atoms with E-state index in [9.17, 15) is 14.7 Å². The number of carbonyl (C=O) groups is 2. The summed E-state index contributed by atoms with van der Waals surface area (Å²) in [6.45, 7) is 8.92. The first kappa shape index (κ1) is 26.9. The second-order valence-corrected chi connectivity index (χ2v) is 9.75. The highest BCUT2D eigenvalue weighted by molar-refractivity contribution is 6.46. The SMILES string of the molecule is CCN(CC)CCCN1C(=O)C(=O)C(=C(O)c2cnn(-c3ccccc3)c2C)C1c1ccc(Cl)c(Cl)c1. The average Bonchev–Trinajstić information content (AvgIpc) is 3.41. The van der Waals surface area contributed by atoms with Crippen LogP contribution in [0.1, 0.15) is 43.1 Å². The van der Waals surface area contributed by atoms with Crippen LogP contribution in [0, 0.1) is 6.92 Å². The Bertz CT molecular complexity index is 1330. The van der Waals surface area contributed by atoms with Crippen molar-refractivity contribution in [2.75, 3.05) is 26.2 Å². The number of para-hydroxylation sites is 1. The maximum absolute atomic E-state index is 13.4. The number of hydrogen-bond donors (Lipinski definition) is 1. The lowest BCUT2D eigenvalue weighted by atomic mass is 9.95. The number of likely N-dealkylation sites (tertiary alicyclic amines) is 1. The Morgan fingerprint density at radius 3 is 2.41 bits per heavy atom. The van der Waals surface area contributed by atoms with Crippen LogP contribution in [0.5, 0.6) is 0 Å². The molecule has 1 aromatic heterocycles. The summed E-state index contributed by atoms with van der Waals surface area (Å²) in [5, 5.41) is 16.6. The number of hydrogen-bond acceptors (Lipinski definition) is 5. The van der Waals surface area contributed by atoms with Gasteiger partial charge in [0.25, 0.3) is 11.7 Å². The number of aliphatic hydroxyl groups is 1. The summed E-state index contributed by atoms with van der Waals surface area (Å²) in [6.07, 6.45) is 2.19. The molecule has 1 unspecified atom stereocenters. The molecule has 37 heavy (non-hydrogen) atoms. The van der Waals surface area contributed by atoms with Crippen molar-refractivity contribution in [3.05, 3.63) is 87.2 Å². The number of benzene rings is 2. The molecular formula is C28H30Cl2N4O3. The van der Waals surface area contributed by atoms with Crippen LogP contribution in [-0.2, 0) is 9.59 Å². The van der Waals surface area contributed by atoms with Crippen LogP contribution in [0.3, 0.4) is 0 Å². The van der Waals surface area contributed by atoms with Crippen LogP contribution >= 0.6 is 23.2 Å². The van der Waals surface area contributed by atoms with Gasteiger partial charge in [-0.3, -0.25) is 9.59 Å². The minimum Gasteiger partial charge on any atom is -0.507 e. The largest absolute Gasteiger partial charge is 0.507 e. The number of carbonyl (C=O) groups excluding carboxylic acids is 2. The lowest BCUT2D eigenvalue weighted by molar-refractivity contribution is -0.140. The molecule has 9 heteroatoms. The second-order valence-electron chi connectivity index (χ2n) is 8.94. The van der Waals surface area contributed by atoms with Crippen molar-refractivity contribution in [1.29, 1.82) is 0 Å². The fourth-order valence-electron chi connectivity index (χ4n) is 4.76. The Labute approximate surface area is 226 Å². The van der Waals surface area contributed by atoms with Gasteiger partial charge in [-0.15, -0.1) is 0 Å². The third-order valence-corrected chi connectivity index (χ3v) is 7.57. The van der Waals surface area contributed by atoms with Crippen molar-refractivity contribution < 1.29 is 14.7 Å². The van der Waals surface area contributed by atoms with Crippen LogP contribution < -0.4 is 0 Å². The Balaban J connectivity index is 1.79. The summed E-state index contributed by atoms with van der Waals surface area (Å²) in [6, 6.07) is 13.7. The van der Waals surface area contributed by atoms with E-state index < -0.39 is 17.7 Å². The molecule has 7 nitrogen and oxygen atoms in total. The topological polar surface area (TPSA) is 78.7 Å². The van der Waals surface area contributed by atoms with Gasteiger partial charge in [-0.25, -0.2) is 4.68 Å². The van der Waals surface area contributed by atoms with E-state index in [4.69, 9.17) is 23.2 Å². The molecule has 194 valence electrons. The van der Waals surface area contributed by atoms with E-state index in [1.165, 1.54) is 11.1 Å². The standard InChI is InChI=1S/C28H30Cl2N4O3/c1-4-32(5-2)14-9-15-33-25(19-12-13-22(29)23(30)16-19)24(27(36)28(33)37)26(35)21-17-31-34(18(21)3)20-10-7-6-8-11-20/h6-8,10-13,16-17,25,35H,4-5,9,14-15H2,1-3H3. The first-order chi connectivity index (χ1) is 17.8. The van der Waals surface area contributed by atoms with E-state index in [0.717, 1.165) is 25.3 Å². The molecule has 1 N–H and O–H groups in total. The number of aliphatic hydroxyl groups excluding tert-OH is 1. The average molecular weight is 541 g/mol. The van der Waals surface area contributed by atoms with E-state index in [-0.39, 0.29) is 11.3 Å². The number of ketones is 1. The molecule has 0 spiro atoms. The molecule has 1 amide bonds. The maximum atomic E-state index is 13.4. The minimum atomic E-state index is -0.800. The zero-order valence-electron chi connectivity index (χ0n) is 21.1. The van der Waals surface area contributed by atoms with Gasteiger partial charge in [0, 0.05) is 6.54 Å². The van der Waals surface area contributed by atoms with Crippen LogP contribution in [-0.4, -0.2) is 62.6 Å². The molecule has 1 atom stereocenters. The number of amides is 1. The summed E-state index contributed by atoms with van der Waals surface area (Å²) < 4.78 is 1.68.